The number of carbonyl (C=O) groups is 1. The quantitative estimate of drug-likeness (QED) is 0.602. The Hall–Kier alpha value is -3.32. The van der Waals surface area contributed by atoms with E-state index in [0.29, 0.717) is 22.7 Å². The molecule has 3 rings (SSSR count). The standard InChI is InChI=1S/C23H24N2O4S/c1-15-9-12-19(17(3)13-15)24-23(26)18-11-10-16(2)22(14-18)30(27,28)25-20-7-5-6-8-21(20)29-4/h5-14,25H,1-4H3,(H,24,26). The highest BCUT2D eigenvalue weighted by Crippen LogP contribution is 2.28. The smallest absolute Gasteiger partial charge is 0.262 e. The minimum absolute atomic E-state index is 0.0293. The van der Waals surface area contributed by atoms with Crippen molar-refractivity contribution in [1.29, 1.82) is 0 Å². The Kier molecular flexibility index (Phi) is 6.12. The van der Waals surface area contributed by atoms with E-state index in [0.717, 1.165) is 11.1 Å². The number of ether oxygens (including phenoxy) is 1. The lowest BCUT2D eigenvalue weighted by Crippen LogP contribution is -2.17. The summed E-state index contributed by atoms with van der Waals surface area (Å²) in [6, 6.07) is 17.1. The van der Waals surface area contributed by atoms with Crippen LogP contribution in [-0.4, -0.2) is 21.4 Å². The van der Waals surface area contributed by atoms with Crippen molar-refractivity contribution in [3.8, 4) is 5.75 Å². The van der Waals surface area contributed by atoms with Crippen molar-refractivity contribution in [3.05, 3.63) is 82.9 Å². The van der Waals surface area contributed by atoms with Gasteiger partial charge < -0.3 is 10.1 Å². The van der Waals surface area contributed by atoms with Crippen LogP contribution in [0.2, 0.25) is 0 Å². The molecular weight excluding hydrogens is 400 g/mol. The lowest BCUT2D eigenvalue weighted by Gasteiger charge is -2.14. The van der Waals surface area contributed by atoms with E-state index >= 15 is 0 Å². The average molecular weight is 425 g/mol. The van der Waals surface area contributed by atoms with Crippen molar-refractivity contribution in [2.75, 3.05) is 17.1 Å². The number of aryl methyl sites for hydroxylation is 3. The Morgan fingerprint density at radius 1 is 0.867 bits per heavy atom. The maximum absolute atomic E-state index is 13.0. The molecule has 0 aliphatic heterocycles. The first-order valence-electron chi connectivity index (χ1n) is 9.36. The van der Waals surface area contributed by atoms with Crippen molar-refractivity contribution in [3.63, 3.8) is 0 Å². The zero-order valence-electron chi connectivity index (χ0n) is 17.3. The lowest BCUT2D eigenvalue weighted by atomic mass is 10.1. The Balaban J connectivity index is 1.91. The number of methoxy groups -OCH3 is 1. The second kappa shape index (κ2) is 8.59. The van der Waals surface area contributed by atoms with E-state index in [9.17, 15) is 13.2 Å². The van der Waals surface area contributed by atoms with Gasteiger partial charge >= 0.3 is 0 Å². The van der Waals surface area contributed by atoms with Gasteiger partial charge in [-0.3, -0.25) is 9.52 Å². The number of sulfonamides is 1. The number of hydrogen-bond donors (Lipinski definition) is 2. The van der Waals surface area contributed by atoms with E-state index in [1.807, 2.05) is 32.0 Å². The molecule has 0 aromatic heterocycles. The molecule has 30 heavy (non-hydrogen) atoms. The van der Waals surface area contributed by atoms with Crippen LogP contribution in [0.3, 0.4) is 0 Å². The third kappa shape index (κ3) is 4.63. The molecule has 0 fully saturated rings. The third-order valence-electron chi connectivity index (χ3n) is 4.72. The molecule has 0 aliphatic rings. The molecule has 6 nitrogen and oxygen atoms in total. The highest BCUT2D eigenvalue weighted by Gasteiger charge is 2.21. The first-order chi connectivity index (χ1) is 14.2. The molecule has 0 unspecified atom stereocenters. The van der Waals surface area contributed by atoms with E-state index in [1.54, 1.807) is 43.3 Å². The molecule has 0 aliphatic carbocycles. The van der Waals surface area contributed by atoms with E-state index in [2.05, 4.69) is 10.0 Å². The van der Waals surface area contributed by atoms with Gasteiger partial charge in [-0.1, -0.05) is 35.9 Å². The summed E-state index contributed by atoms with van der Waals surface area (Å²) in [6.07, 6.45) is 0. The predicted molar refractivity (Wildman–Crippen MR) is 119 cm³/mol. The minimum Gasteiger partial charge on any atom is -0.495 e. The zero-order chi connectivity index (χ0) is 21.9. The second-order valence-corrected chi connectivity index (χ2v) is 8.71. The number of benzene rings is 3. The molecule has 0 heterocycles. The maximum atomic E-state index is 13.0. The lowest BCUT2D eigenvalue weighted by molar-refractivity contribution is 0.102. The second-order valence-electron chi connectivity index (χ2n) is 7.06. The van der Waals surface area contributed by atoms with Gasteiger partial charge in [-0.05, 0) is 62.2 Å². The van der Waals surface area contributed by atoms with Crippen LogP contribution < -0.4 is 14.8 Å². The molecule has 3 aromatic rings. The molecule has 0 atom stereocenters. The molecule has 0 radical (unpaired) electrons. The van der Waals surface area contributed by atoms with Gasteiger partial charge in [-0.2, -0.15) is 0 Å². The minimum atomic E-state index is -3.93. The van der Waals surface area contributed by atoms with Crippen LogP contribution in [0.15, 0.2) is 65.6 Å². The Labute approximate surface area is 177 Å². The Morgan fingerprint density at radius 2 is 1.60 bits per heavy atom. The van der Waals surface area contributed by atoms with E-state index < -0.39 is 10.0 Å². The van der Waals surface area contributed by atoms with Crippen molar-refractivity contribution in [1.82, 2.24) is 0 Å². The van der Waals surface area contributed by atoms with Crippen LogP contribution in [-0.2, 0) is 10.0 Å². The Bertz CT molecular complexity index is 1200. The van der Waals surface area contributed by atoms with Crippen LogP contribution in [0.1, 0.15) is 27.0 Å². The summed E-state index contributed by atoms with van der Waals surface area (Å²) in [5, 5.41) is 2.85. The van der Waals surface area contributed by atoms with Gasteiger partial charge in [-0.15, -0.1) is 0 Å². The fourth-order valence-corrected chi connectivity index (χ4v) is 4.45. The average Bonchev–Trinajstić information content (AvgIpc) is 2.70. The number of rotatable bonds is 6. The van der Waals surface area contributed by atoms with Gasteiger partial charge in [0.05, 0.1) is 17.7 Å². The van der Waals surface area contributed by atoms with Crippen LogP contribution in [0.5, 0.6) is 5.75 Å². The zero-order valence-corrected chi connectivity index (χ0v) is 18.1. The Morgan fingerprint density at radius 3 is 2.30 bits per heavy atom. The molecule has 0 spiro atoms. The SMILES string of the molecule is COc1ccccc1NS(=O)(=O)c1cc(C(=O)Nc2ccc(C)cc2C)ccc1C. The van der Waals surface area contributed by atoms with Gasteiger partial charge in [0.15, 0.2) is 0 Å². The molecule has 156 valence electrons. The van der Waals surface area contributed by atoms with E-state index in [-0.39, 0.29) is 16.4 Å². The predicted octanol–water partition coefficient (Wildman–Crippen LogP) is 4.67. The summed E-state index contributed by atoms with van der Waals surface area (Å²) in [4.78, 5) is 12.8. The molecule has 3 aromatic carbocycles. The van der Waals surface area contributed by atoms with Crippen LogP contribution in [0.25, 0.3) is 0 Å². The number of para-hydroxylation sites is 2. The van der Waals surface area contributed by atoms with E-state index in [1.165, 1.54) is 13.2 Å². The normalized spacial score (nSPS) is 11.1. The van der Waals surface area contributed by atoms with Gasteiger partial charge in [0, 0.05) is 11.3 Å². The molecule has 0 saturated heterocycles. The molecule has 2 N–H and O–H groups in total. The largest absolute Gasteiger partial charge is 0.495 e. The third-order valence-corrected chi connectivity index (χ3v) is 6.23. The van der Waals surface area contributed by atoms with Crippen LogP contribution >= 0.6 is 0 Å². The first-order valence-corrected chi connectivity index (χ1v) is 10.8. The van der Waals surface area contributed by atoms with Crippen LogP contribution in [0.4, 0.5) is 11.4 Å². The monoisotopic (exact) mass is 424 g/mol. The maximum Gasteiger partial charge on any atom is 0.262 e. The number of amides is 1. The van der Waals surface area contributed by atoms with Gasteiger partial charge in [0.2, 0.25) is 0 Å². The summed E-state index contributed by atoms with van der Waals surface area (Å²) in [7, 11) is -2.46. The molecule has 0 saturated carbocycles. The van der Waals surface area contributed by atoms with Crippen molar-refractivity contribution in [2.45, 2.75) is 25.7 Å². The number of carbonyl (C=O) groups excluding carboxylic acids is 1. The topological polar surface area (TPSA) is 84.5 Å². The van der Waals surface area contributed by atoms with Crippen molar-refractivity contribution < 1.29 is 17.9 Å². The summed E-state index contributed by atoms with van der Waals surface area (Å²) < 4.78 is 33.8. The molecule has 0 bridgehead atoms. The van der Waals surface area contributed by atoms with Gasteiger partial charge in [0.25, 0.3) is 15.9 Å². The van der Waals surface area contributed by atoms with Gasteiger partial charge in [0.1, 0.15) is 5.75 Å². The summed E-state index contributed by atoms with van der Waals surface area (Å²) >= 11 is 0. The summed E-state index contributed by atoms with van der Waals surface area (Å²) in [5.41, 5.74) is 3.81. The van der Waals surface area contributed by atoms with Crippen LogP contribution in [0, 0.1) is 20.8 Å². The molecular formula is C23H24N2O4S. The first kappa shape index (κ1) is 21.4. The van der Waals surface area contributed by atoms with Crippen molar-refractivity contribution >= 4 is 27.3 Å². The fraction of sp³-hybridized carbons (Fsp3) is 0.174. The number of hydrogen-bond acceptors (Lipinski definition) is 4. The van der Waals surface area contributed by atoms with Gasteiger partial charge in [-0.25, -0.2) is 8.42 Å². The fourth-order valence-electron chi connectivity index (χ4n) is 3.11. The summed E-state index contributed by atoms with van der Waals surface area (Å²) in [6.45, 7) is 5.57. The van der Waals surface area contributed by atoms with E-state index in [4.69, 9.17) is 4.74 Å². The number of anilines is 2. The highest BCUT2D eigenvalue weighted by molar-refractivity contribution is 7.92. The van der Waals surface area contributed by atoms with Crippen molar-refractivity contribution in [2.24, 2.45) is 0 Å². The number of nitrogens with one attached hydrogen (secondary N) is 2. The molecule has 1 amide bonds. The summed E-state index contributed by atoms with van der Waals surface area (Å²) in [5.74, 6) is 0.0261. The molecule has 7 heteroatoms. The highest BCUT2D eigenvalue weighted by atomic mass is 32.2.